The molecule has 0 radical (unpaired) electrons. The minimum Gasteiger partial charge on any atom is -0.354 e. The van der Waals surface area contributed by atoms with Crippen LogP contribution >= 0.6 is 24.0 Å². The first kappa shape index (κ1) is 21.9. The molecule has 0 aromatic heterocycles. The van der Waals surface area contributed by atoms with Crippen LogP contribution in [0.1, 0.15) is 33.1 Å². The van der Waals surface area contributed by atoms with Crippen molar-refractivity contribution in [2.24, 2.45) is 4.99 Å². The molecule has 1 atom stereocenters. The van der Waals surface area contributed by atoms with Crippen LogP contribution in [-0.4, -0.2) is 81.8 Å². The SMILES string of the molecule is CN=C(NCC(C)(C)NS(C)(=O)=O)N1CCC(N2CCCC2)C1.I. The van der Waals surface area contributed by atoms with Crippen molar-refractivity contribution in [2.45, 2.75) is 44.7 Å². The zero-order valence-electron chi connectivity index (χ0n) is 15.2. The number of nitrogens with one attached hydrogen (secondary N) is 2. The van der Waals surface area contributed by atoms with Crippen LogP contribution in [-0.2, 0) is 10.0 Å². The minimum absolute atomic E-state index is 0. The van der Waals surface area contributed by atoms with Crippen molar-refractivity contribution in [3.63, 3.8) is 0 Å². The second-order valence-corrected chi connectivity index (χ2v) is 9.04. The molecular formula is C15H32IN5O2S. The molecule has 7 nitrogen and oxygen atoms in total. The van der Waals surface area contributed by atoms with Crippen LogP contribution in [0.5, 0.6) is 0 Å². The summed E-state index contributed by atoms with van der Waals surface area (Å²) in [5, 5.41) is 3.32. The van der Waals surface area contributed by atoms with Crippen LogP contribution < -0.4 is 10.0 Å². The lowest BCUT2D eigenvalue weighted by Gasteiger charge is -2.29. The number of nitrogens with zero attached hydrogens (tertiary/aromatic N) is 3. The van der Waals surface area contributed by atoms with Crippen molar-refractivity contribution in [3.05, 3.63) is 0 Å². The van der Waals surface area contributed by atoms with Gasteiger partial charge in [-0.15, -0.1) is 24.0 Å². The number of hydrogen-bond acceptors (Lipinski definition) is 4. The number of rotatable bonds is 5. The molecule has 2 N–H and O–H groups in total. The highest BCUT2D eigenvalue weighted by molar-refractivity contribution is 14.0. The standard InChI is InChI=1S/C15H31N5O2S.HI/c1-15(2,18-23(4,21)22)12-17-14(16-3)20-10-7-13(11-20)19-8-5-6-9-19;/h13,18H,5-12H2,1-4H3,(H,16,17);1H. The largest absolute Gasteiger partial charge is 0.354 e. The van der Waals surface area contributed by atoms with Gasteiger partial charge in [-0.25, -0.2) is 13.1 Å². The first-order valence-corrected chi connectivity index (χ1v) is 10.3. The molecule has 2 aliphatic rings. The van der Waals surface area contributed by atoms with Crippen molar-refractivity contribution in [1.82, 2.24) is 19.8 Å². The van der Waals surface area contributed by atoms with Gasteiger partial charge < -0.3 is 10.2 Å². The average molecular weight is 473 g/mol. The molecule has 2 heterocycles. The molecule has 0 aromatic carbocycles. The zero-order valence-corrected chi connectivity index (χ0v) is 18.4. The third-order valence-electron chi connectivity index (χ3n) is 4.48. The third kappa shape index (κ3) is 6.64. The monoisotopic (exact) mass is 473 g/mol. The summed E-state index contributed by atoms with van der Waals surface area (Å²) in [6.07, 6.45) is 4.99. The van der Waals surface area contributed by atoms with Crippen LogP contribution in [0.3, 0.4) is 0 Å². The number of halogens is 1. The molecule has 0 spiro atoms. The summed E-state index contributed by atoms with van der Waals surface area (Å²) in [5.41, 5.74) is -0.558. The van der Waals surface area contributed by atoms with Gasteiger partial charge in [0.1, 0.15) is 0 Å². The van der Waals surface area contributed by atoms with E-state index in [1.807, 2.05) is 13.8 Å². The second-order valence-electron chi connectivity index (χ2n) is 7.29. The maximum atomic E-state index is 11.4. The van der Waals surface area contributed by atoms with Crippen LogP contribution in [0.4, 0.5) is 0 Å². The molecular weight excluding hydrogens is 441 g/mol. The molecule has 2 aliphatic heterocycles. The van der Waals surface area contributed by atoms with Crippen LogP contribution in [0, 0.1) is 0 Å². The minimum atomic E-state index is -3.23. The number of sulfonamides is 1. The Morgan fingerprint density at radius 2 is 1.88 bits per heavy atom. The van der Waals surface area contributed by atoms with Gasteiger partial charge in [0.2, 0.25) is 10.0 Å². The Labute approximate surface area is 163 Å². The first-order chi connectivity index (χ1) is 10.7. The second kappa shape index (κ2) is 9.00. The predicted octanol–water partition coefficient (Wildman–Crippen LogP) is 0.678. The summed E-state index contributed by atoms with van der Waals surface area (Å²) in [5.74, 6) is 0.857. The van der Waals surface area contributed by atoms with Crippen molar-refractivity contribution in [2.75, 3.05) is 46.0 Å². The van der Waals surface area contributed by atoms with E-state index in [1.54, 1.807) is 7.05 Å². The summed E-state index contributed by atoms with van der Waals surface area (Å²) in [7, 11) is -1.45. The molecule has 142 valence electrons. The van der Waals surface area contributed by atoms with E-state index in [0.29, 0.717) is 12.6 Å². The molecule has 24 heavy (non-hydrogen) atoms. The van der Waals surface area contributed by atoms with Gasteiger partial charge in [-0.1, -0.05) is 0 Å². The highest BCUT2D eigenvalue weighted by atomic mass is 127. The van der Waals surface area contributed by atoms with E-state index in [9.17, 15) is 8.42 Å². The Kier molecular flexibility index (Phi) is 8.21. The number of hydrogen-bond donors (Lipinski definition) is 2. The topological polar surface area (TPSA) is 77.0 Å². The highest BCUT2D eigenvalue weighted by Crippen LogP contribution is 2.20. The van der Waals surface area contributed by atoms with Crippen molar-refractivity contribution in [3.8, 4) is 0 Å². The van der Waals surface area contributed by atoms with E-state index in [0.717, 1.165) is 19.0 Å². The van der Waals surface area contributed by atoms with Crippen molar-refractivity contribution < 1.29 is 8.42 Å². The summed E-state index contributed by atoms with van der Waals surface area (Å²) < 4.78 is 25.5. The Morgan fingerprint density at radius 1 is 1.25 bits per heavy atom. The summed E-state index contributed by atoms with van der Waals surface area (Å²) in [6.45, 7) is 8.67. The first-order valence-electron chi connectivity index (χ1n) is 8.39. The number of likely N-dealkylation sites (tertiary alicyclic amines) is 2. The Bertz CT molecular complexity index is 532. The lowest BCUT2D eigenvalue weighted by molar-refractivity contribution is 0.249. The van der Waals surface area contributed by atoms with Gasteiger partial charge in [0.25, 0.3) is 0 Å². The fourth-order valence-corrected chi connectivity index (χ4v) is 4.59. The van der Waals surface area contributed by atoms with E-state index in [2.05, 4.69) is 24.8 Å². The van der Waals surface area contributed by atoms with Crippen LogP contribution in [0.25, 0.3) is 0 Å². The maximum absolute atomic E-state index is 11.4. The summed E-state index contributed by atoms with van der Waals surface area (Å²) >= 11 is 0. The van der Waals surface area contributed by atoms with Crippen LogP contribution in [0.15, 0.2) is 4.99 Å². The van der Waals surface area contributed by atoms with E-state index in [4.69, 9.17) is 0 Å². The molecule has 0 bridgehead atoms. The quantitative estimate of drug-likeness (QED) is 0.349. The van der Waals surface area contributed by atoms with Gasteiger partial charge in [0.05, 0.1) is 6.26 Å². The molecule has 0 saturated carbocycles. The van der Waals surface area contributed by atoms with E-state index < -0.39 is 15.6 Å². The smallest absolute Gasteiger partial charge is 0.209 e. The van der Waals surface area contributed by atoms with Gasteiger partial charge in [-0.2, -0.15) is 0 Å². The summed E-state index contributed by atoms with van der Waals surface area (Å²) in [6, 6.07) is 0.623. The van der Waals surface area contributed by atoms with E-state index in [1.165, 1.54) is 38.6 Å². The van der Waals surface area contributed by atoms with Gasteiger partial charge in [0.15, 0.2) is 5.96 Å². The fourth-order valence-electron chi connectivity index (χ4n) is 3.51. The molecule has 9 heteroatoms. The third-order valence-corrected chi connectivity index (χ3v) is 5.41. The Morgan fingerprint density at radius 3 is 2.42 bits per heavy atom. The van der Waals surface area contributed by atoms with E-state index in [-0.39, 0.29) is 24.0 Å². The predicted molar refractivity (Wildman–Crippen MR) is 110 cm³/mol. The van der Waals surface area contributed by atoms with Gasteiger partial charge in [-0.3, -0.25) is 9.89 Å². The maximum Gasteiger partial charge on any atom is 0.209 e. The Balaban J connectivity index is 0.00000288. The normalized spacial score (nSPS) is 23.4. The zero-order chi connectivity index (χ0) is 17.1. The number of aliphatic imine (C=N–C) groups is 1. The molecule has 2 saturated heterocycles. The molecule has 2 fully saturated rings. The number of guanidine groups is 1. The average Bonchev–Trinajstić information content (AvgIpc) is 3.07. The van der Waals surface area contributed by atoms with Gasteiger partial charge >= 0.3 is 0 Å². The van der Waals surface area contributed by atoms with E-state index >= 15 is 0 Å². The highest BCUT2D eigenvalue weighted by Gasteiger charge is 2.31. The molecule has 0 amide bonds. The van der Waals surface area contributed by atoms with Gasteiger partial charge in [-0.05, 0) is 46.2 Å². The molecule has 1 unspecified atom stereocenters. The van der Waals surface area contributed by atoms with Gasteiger partial charge in [0, 0.05) is 38.3 Å². The summed E-state index contributed by atoms with van der Waals surface area (Å²) in [4.78, 5) is 9.23. The lowest BCUT2D eigenvalue weighted by atomic mass is 10.1. The van der Waals surface area contributed by atoms with Crippen molar-refractivity contribution in [1.29, 1.82) is 0 Å². The van der Waals surface area contributed by atoms with Crippen LogP contribution in [0.2, 0.25) is 0 Å². The molecule has 0 aliphatic carbocycles. The molecule has 2 rings (SSSR count). The lowest BCUT2D eigenvalue weighted by Crippen LogP contribution is -2.53. The fraction of sp³-hybridized carbons (Fsp3) is 0.933. The molecule has 0 aromatic rings. The Hall–Kier alpha value is -0.130. The van der Waals surface area contributed by atoms with Crippen molar-refractivity contribution >= 4 is 40.0 Å².